The van der Waals surface area contributed by atoms with E-state index in [9.17, 15) is 0 Å². The molecule has 1 aliphatic heterocycles. The Hall–Kier alpha value is -2.27. The van der Waals surface area contributed by atoms with Crippen molar-refractivity contribution in [3.05, 3.63) is 57.4 Å². The lowest BCUT2D eigenvalue weighted by Crippen LogP contribution is -2.39. The molecule has 0 saturated carbocycles. The average Bonchev–Trinajstić information content (AvgIpc) is 3.07. The predicted molar refractivity (Wildman–Crippen MR) is 90.1 cm³/mol. The van der Waals surface area contributed by atoms with E-state index in [4.69, 9.17) is 10.5 Å². The van der Waals surface area contributed by atoms with Crippen LogP contribution in [-0.2, 0) is 6.42 Å². The molecule has 0 spiro atoms. The van der Waals surface area contributed by atoms with E-state index >= 15 is 0 Å². The molecule has 1 aromatic heterocycles. The Kier molecular flexibility index (Phi) is 3.15. The van der Waals surface area contributed by atoms with Crippen molar-refractivity contribution in [2.75, 3.05) is 7.11 Å². The highest BCUT2D eigenvalue weighted by molar-refractivity contribution is 7.08. The summed E-state index contributed by atoms with van der Waals surface area (Å²) in [5, 5.41) is 7.59. The number of nitrogens with two attached hydrogens (primary N) is 1. The minimum atomic E-state index is 0.0601. The van der Waals surface area contributed by atoms with E-state index in [-0.39, 0.29) is 6.04 Å². The van der Waals surface area contributed by atoms with E-state index in [1.807, 2.05) is 6.07 Å². The van der Waals surface area contributed by atoms with Gasteiger partial charge >= 0.3 is 0 Å². The summed E-state index contributed by atoms with van der Waals surface area (Å²) >= 11 is 1.69. The summed E-state index contributed by atoms with van der Waals surface area (Å²) in [7, 11) is 1.70. The van der Waals surface area contributed by atoms with Gasteiger partial charge in [0, 0.05) is 5.57 Å². The van der Waals surface area contributed by atoms with Gasteiger partial charge in [0.25, 0.3) is 0 Å². The number of allylic oxidation sites excluding steroid dienone is 1. The zero-order valence-electron chi connectivity index (χ0n) is 12.3. The van der Waals surface area contributed by atoms with Gasteiger partial charge in [-0.3, -0.25) is 0 Å². The average molecular weight is 311 g/mol. The molecule has 1 aliphatic carbocycles. The SMILES string of the molecule is COc1ccc2c(c1)C1=C(CC2)N=C(N)NC1c1ccsc1. The molecular weight excluding hydrogens is 294 g/mol. The number of hydrogen-bond acceptors (Lipinski definition) is 5. The molecule has 2 aromatic rings. The minimum Gasteiger partial charge on any atom is -0.497 e. The number of guanidine groups is 1. The third kappa shape index (κ3) is 2.09. The molecule has 22 heavy (non-hydrogen) atoms. The third-order valence-electron chi connectivity index (χ3n) is 4.26. The second kappa shape index (κ2) is 5.18. The zero-order chi connectivity index (χ0) is 15.1. The number of ether oxygens (including phenoxy) is 1. The van der Waals surface area contributed by atoms with Crippen LogP contribution in [0.2, 0.25) is 0 Å². The number of hydrogen-bond donors (Lipinski definition) is 2. The molecule has 0 fully saturated rings. The Morgan fingerprint density at radius 2 is 2.23 bits per heavy atom. The lowest BCUT2D eigenvalue weighted by atomic mass is 9.82. The van der Waals surface area contributed by atoms with Gasteiger partial charge in [0.05, 0.1) is 18.8 Å². The first-order valence-corrected chi connectivity index (χ1v) is 8.23. The molecule has 5 heteroatoms. The number of fused-ring (bicyclic) bond motifs is 2. The number of methoxy groups -OCH3 is 1. The Morgan fingerprint density at radius 1 is 1.32 bits per heavy atom. The molecule has 2 heterocycles. The fraction of sp³-hybridized carbons (Fsp3) is 0.235. The molecule has 112 valence electrons. The highest BCUT2D eigenvalue weighted by Gasteiger charge is 2.30. The predicted octanol–water partition coefficient (Wildman–Crippen LogP) is 3.07. The topological polar surface area (TPSA) is 59.6 Å². The molecule has 0 radical (unpaired) electrons. The maximum Gasteiger partial charge on any atom is 0.194 e. The van der Waals surface area contributed by atoms with Crippen molar-refractivity contribution < 1.29 is 4.74 Å². The maximum atomic E-state index is 6.00. The number of thiophene rings is 1. The van der Waals surface area contributed by atoms with Crippen molar-refractivity contribution in [2.24, 2.45) is 10.7 Å². The van der Waals surface area contributed by atoms with Crippen LogP contribution in [0.3, 0.4) is 0 Å². The molecule has 3 N–H and O–H groups in total. The molecule has 0 saturated heterocycles. The Balaban J connectivity index is 1.91. The van der Waals surface area contributed by atoms with Crippen LogP contribution in [0.25, 0.3) is 5.57 Å². The van der Waals surface area contributed by atoms with E-state index in [1.165, 1.54) is 22.3 Å². The van der Waals surface area contributed by atoms with Crippen molar-refractivity contribution in [2.45, 2.75) is 18.9 Å². The van der Waals surface area contributed by atoms with Crippen LogP contribution in [0.4, 0.5) is 0 Å². The van der Waals surface area contributed by atoms with Crippen molar-refractivity contribution in [3.63, 3.8) is 0 Å². The van der Waals surface area contributed by atoms with Crippen LogP contribution in [0, 0.1) is 0 Å². The summed E-state index contributed by atoms with van der Waals surface area (Å²) in [6.45, 7) is 0. The molecule has 0 amide bonds. The first-order chi connectivity index (χ1) is 10.8. The Labute approximate surface area is 133 Å². The number of benzene rings is 1. The van der Waals surface area contributed by atoms with Gasteiger partial charge in [-0.25, -0.2) is 4.99 Å². The number of nitrogens with one attached hydrogen (secondary N) is 1. The monoisotopic (exact) mass is 311 g/mol. The van der Waals surface area contributed by atoms with Gasteiger partial charge in [-0.05, 0) is 58.5 Å². The summed E-state index contributed by atoms with van der Waals surface area (Å²) < 4.78 is 5.41. The Morgan fingerprint density at radius 3 is 3.00 bits per heavy atom. The van der Waals surface area contributed by atoms with Crippen LogP contribution >= 0.6 is 11.3 Å². The van der Waals surface area contributed by atoms with Crippen LogP contribution < -0.4 is 15.8 Å². The third-order valence-corrected chi connectivity index (χ3v) is 4.96. The van der Waals surface area contributed by atoms with Crippen molar-refractivity contribution in [3.8, 4) is 5.75 Å². The molecule has 0 bridgehead atoms. The van der Waals surface area contributed by atoms with Crippen molar-refractivity contribution >= 4 is 22.9 Å². The van der Waals surface area contributed by atoms with E-state index < -0.39 is 0 Å². The van der Waals surface area contributed by atoms with Gasteiger partial charge in [0.1, 0.15) is 5.75 Å². The number of rotatable bonds is 2. The maximum absolute atomic E-state index is 6.00. The van der Waals surface area contributed by atoms with Gasteiger partial charge in [-0.2, -0.15) is 11.3 Å². The molecule has 2 aliphatic rings. The van der Waals surface area contributed by atoms with Gasteiger partial charge in [-0.1, -0.05) is 6.07 Å². The summed E-state index contributed by atoms with van der Waals surface area (Å²) in [6, 6.07) is 8.49. The lowest BCUT2D eigenvalue weighted by Gasteiger charge is -2.32. The number of aryl methyl sites for hydroxylation is 1. The van der Waals surface area contributed by atoms with E-state index in [2.05, 4.69) is 39.3 Å². The first-order valence-electron chi connectivity index (χ1n) is 7.29. The second-order valence-electron chi connectivity index (χ2n) is 5.51. The highest BCUT2D eigenvalue weighted by atomic mass is 32.1. The Bertz CT molecular complexity index is 777. The largest absolute Gasteiger partial charge is 0.497 e. The summed E-state index contributed by atoms with van der Waals surface area (Å²) in [6.07, 6.45) is 1.92. The molecule has 1 unspecified atom stereocenters. The van der Waals surface area contributed by atoms with Crippen LogP contribution in [0.15, 0.2) is 45.7 Å². The van der Waals surface area contributed by atoms with Crippen LogP contribution in [-0.4, -0.2) is 13.1 Å². The normalized spacial score (nSPS) is 19.9. The first kappa shape index (κ1) is 13.4. The van der Waals surface area contributed by atoms with Gasteiger partial charge in [-0.15, -0.1) is 0 Å². The molecule has 4 rings (SSSR count). The van der Waals surface area contributed by atoms with E-state index in [0.29, 0.717) is 5.96 Å². The minimum absolute atomic E-state index is 0.0601. The van der Waals surface area contributed by atoms with E-state index in [1.54, 1.807) is 18.4 Å². The summed E-state index contributed by atoms with van der Waals surface area (Å²) in [5.74, 6) is 1.38. The smallest absolute Gasteiger partial charge is 0.194 e. The van der Waals surface area contributed by atoms with Crippen LogP contribution in [0.1, 0.15) is 29.2 Å². The molecule has 4 nitrogen and oxygen atoms in total. The van der Waals surface area contributed by atoms with Crippen LogP contribution in [0.5, 0.6) is 5.75 Å². The fourth-order valence-corrected chi connectivity index (χ4v) is 3.91. The quantitative estimate of drug-likeness (QED) is 0.896. The second-order valence-corrected chi connectivity index (χ2v) is 6.29. The molecule has 1 atom stereocenters. The van der Waals surface area contributed by atoms with Gasteiger partial charge in [0.15, 0.2) is 5.96 Å². The molecule has 1 aromatic carbocycles. The van der Waals surface area contributed by atoms with Gasteiger partial charge < -0.3 is 15.8 Å². The number of aliphatic imine (C=N–C) groups is 1. The van der Waals surface area contributed by atoms with Gasteiger partial charge in [0.2, 0.25) is 0 Å². The highest BCUT2D eigenvalue weighted by Crippen LogP contribution is 2.43. The zero-order valence-corrected chi connectivity index (χ0v) is 13.1. The lowest BCUT2D eigenvalue weighted by molar-refractivity contribution is 0.414. The van der Waals surface area contributed by atoms with Crippen molar-refractivity contribution in [1.82, 2.24) is 5.32 Å². The summed E-state index contributed by atoms with van der Waals surface area (Å²) in [5.41, 5.74) is 12.1. The fourth-order valence-electron chi connectivity index (χ4n) is 3.22. The van der Waals surface area contributed by atoms with E-state index in [0.717, 1.165) is 24.3 Å². The molecular formula is C17H17N3OS. The van der Waals surface area contributed by atoms with Crippen molar-refractivity contribution in [1.29, 1.82) is 0 Å². The standard InChI is InChI=1S/C17H17N3OS/c1-21-12-4-2-10-3-5-14-15(13(10)8-12)16(20-17(18)19-14)11-6-7-22-9-11/h2,4,6-9,16H,3,5H2,1H3,(H3,18,19,20). The summed E-state index contributed by atoms with van der Waals surface area (Å²) in [4.78, 5) is 4.54. The number of nitrogens with zero attached hydrogens (tertiary/aromatic N) is 1.